The molecule has 0 saturated carbocycles. The van der Waals surface area contributed by atoms with Gasteiger partial charge in [-0.2, -0.15) is 0 Å². The Bertz CT molecular complexity index is 925. The molecular weight excluding hydrogens is 330 g/mol. The summed E-state index contributed by atoms with van der Waals surface area (Å²) in [6, 6.07) is 14.7. The molecule has 1 N–H and O–H groups in total. The van der Waals surface area contributed by atoms with Gasteiger partial charge in [0.25, 0.3) is 5.91 Å². The fourth-order valence-corrected chi connectivity index (χ4v) is 2.73. The first-order valence-corrected chi connectivity index (χ1v) is 8.46. The Morgan fingerprint density at radius 1 is 1.12 bits per heavy atom. The predicted octanol–water partition coefficient (Wildman–Crippen LogP) is 4.08. The third-order valence-corrected chi connectivity index (χ3v) is 4.20. The number of para-hydroxylation sites is 1. The average molecular weight is 351 g/mol. The number of carbonyl (C=O) groups is 2. The maximum absolute atomic E-state index is 12.2. The molecule has 1 heterocycles. The molecule has 134 valence electrons. The summed E-state index contributed by atoms with van der Waals surface area (Å²) in [5.41, 5.74) is 3.02. The van der Waals surface area contributed by atoms with Crippen LogP contribution in [0, 0.1) is 13.8 Å². The lowest BCUT2D eigenvalue weighted by atomic mass is 10.1. The van der Waals surface area contributed by atoms with Gasteiger partial charge in [0.2, 0.25) is 0 Å². The molecule has 1 aromatic heterocycles. The molecule has 3 aromatic rings. The molecule has 0 aliphatic rings. The molecule has 0 spiro atoms. The quantitative estimate of drug-likeness (QED) is 0.703. The van der Waals surface area contributed by atoms with E-state index >= 15 is 0 Å². The zero-order valence-electron chi connectivity index (χ0n) is 15.0. The second-order valence-corrected chi connectivity index (χ2v) is 6.37. The fourth-order valence-electron chi connectivity index (χ4n) is 2.73. The zero-order chi connectivity index (χ0) is 18.7. The van der Waals surface area contributed by atoms with Gasteiger partial charge in [0.1, 0.15) is 11.3 Å². The summed E-state index contributed by atoms with van der Waals surface area (Å²) >= 11 is 0. The van der Waals surface area contributed by atoms with Crippen molar-refractivity contribution in [1.29, 1.82) is 0 Å². The van der Waals surface area contributed by atoms with E-state index in [4.69, 9.17) is 9.15 Å². The van der Waals surface area contributed by atoms with Crippen molar-refractivity contribution >= 4 is 22.8 Å². The van der Waals surface area contributed by atoms with Gasteiger partial charge in [-0.3, -0.25) is 4.79 Å². The highest BCUT2D eigenvalue weighted by Crippen LogP contribution is 2.23. The highest BCUT2D eigenvalue weighted by molar-refractivity contribution is 5.93. The van der Waals surface area contributed by atoms with Crippen LogP contribution in [-0.4, -0.2) is 18.5 Å². The van der Waals surface area contributed by atoms with Crippen molar-refractivity contribution in [3.63, 3.8) is 0 Å². The number of amides is 1. The number of ether oxygens (including phenoxy) is 1. The van der Waals surface area contributed by atoms with Gasteiger partial charge in [-0.05, 0) is 44.5 Å². The molecule has 1 atom stereocenters. The number of hydrogen-bond donors (Lipinski definition) is 1. The largest absolute Gasteiger partial charge is 0.459 e. The van der Waals surface area contributed by atoms with E-state index in [-0.39, 0.29) is 18.6 Å². The van der Waals surface area contributed by atoms with Gasteiger partial charge >= 0.3 is 5.97 Å². The molecule has 0 aliphatic heterocycles. The van der Waals surface area contributed by atoms with Crippen LogP contribution in [0.3, 0.4) is 0 Å². The van der Waals surface area contributed by atoms with Gasteiger partial charge < -0.3 is 14.5 Å². The Balaban J connectivity index is 1.58. The van der Waals surface area contributed by atoms with Gasteiger partial charge in [0.15, 0.2) is 6.61 Å². The van der Waals surface area contributed by atoms with Gasteiger partial charge in [0, 0.05) is 5.39 Å². The number of hydrogen-bond acceptors (Lipinski definition) is 4. The first-order valence-electron chi connectivity index (χ1n) is 8.46. The van der Waals surface area contributed by atoms with Crippen LogP contribution in [0.25, 0.3) is 11.0 Å². The van der Waals surface area contributed by atoms with E-state index in [0.717, 1.165) is 22.1 Å². The number of fused-ring (bicyclic) bond motifs is 1. The Morgan fingerprint density at radius 2 is 1.88 bits per heavy atom. The van der Waals surface area contributed by atoms with E-state index in [1.165, 1.54) is 0 Å². The third-order valence-electron chi connectivity index (χ3n) is 4.20. The van der Waals surface area contributed by atoms with Crippen molar-refractivity contribution in [2.24, 2.45) is 0 Å². The molecule has 0 unspecified atom stereocenters. The second kappa shape index (κ2) is 7.44. The molecule has 2 aromatic carbocycles. The summed E-state index contributed by atoms with van der Waals surface area (Å²) in [4.78, 5) is 24.3. The number of esters is 1. The van der Waals surface area contributed by atoms with Crippen molar-refractivity contribution in [3.8, 4) is 0 Å². The number of nitrogens with one attached hydrogen (secondary N) is 1. The SMILES string of the molecule is Cc1ccc(C)c(C(=O)OCC(=O)N[C@H](C)c2cc3ccccc3o2)c1. The minimum atomic E-state index is -0.502. The molecule has 3 rings (SSSR count). The number of furan rings is 1. The highest BCUT2D eigenvalue weighted by Gasteiger charge is 2.17. The van der Waals surface area contributed by atoms with Crippen LogP contribution < -0.4 is 5.32 Å². The van der Waals surface area contributed by atoms with Crippen molar-refractivity contribution in [1.82, 2.24) is 5.32 Å². The van der Waals surface area contributed by atoms with Crippen molar-refractivity contribution < 1.29 is 18.7 Å². The summed E-state index contributed by atoms with van der Waals surface area (Å²) in [5.74, 6) is -0.227. The Morgan fingerprint density at radius 3 is 2.65 bits per heavy atom. The zero-order valence-corrected chi connectivity index (χ0v) is 15.0. The average Bonchev–Trinajstić information content (AvgIpc) is 3.06. The second-order valence-electron chi connectivity index (χ2n) is 6.37. The molecule has 26 heavy (non-hydrogen) atoms. The minimum absolute atomic E-state index is 0.325. The van der Waals surface area contributed by atoms with E-state index in [0.29, 0.717) is 11.3 Å². The summed E-state index contributed by atoms with van der Waals surface area (Å²) in [6.07, 6.45) is 0. The predicted molar refractivity (Wildman–Crippen MR) is 99.0 cm³/mol. The van der Waals surface area contributed by atoms with Crippen LogP contribution in [-0.2, 0) is 9.53 Å². The summed E-state index contributed by atoms with van der Waals surface area (Å²) in [6.45, 7) is 5.22. The first kappa shape index (κ1) is 17.7. The van der Waals surface area contributed by atoms with Gasteiger partial charge in [-0.15, -0.1) is 0 Å². The van der Waals surface area contributed by atoms with Crippen LogP contribution >= 0.6 is 0 Å². The van der Waals surface area contributed by atoms with Crippen molar-refractivity contribution in [2.45, 2.75) is 26.8 Å². The van der Waals surface area contributed by atoms with Crippen LogP contribution in [0.15, 0.2) is 52.9 Å². The molecule has 5 heteroatoms. The van der Waals surface area contributed by atoms with E-state index in [9.17, 15) is 9.59 Å². The summed E-state index contributed by atoms with van der Waals surface area (Å²) in [5, 5.41) is 3.76. The molecule has 0 aliphatic carbocycles. The van der Waals surface area contributed by atoms with E-state index in [1.807, 2.05) is 63.2 Å². The smallest absolute Gasteiger partial charge is 0.338 e. The van der Waals surface area contributed by atoms with Crippen LogP contribution in [0.5, 0.6) is 0 Å². The fraction of sp³-hybridized carbons (Fsp3) is 0.238. The molecule has 5 nitrogen and oxygen atoms in total. The van der Waals surface area contributed by atoms with Gasteiger partial charge in [0.05, 0.1) is 11.6 Å². The molecule has 1 amide bonds. The normalized spacial score (nSPS) is 12.0. The molecule has 0 saturated heterocycles. The number of aryl methyl sites for hydroxylation is 2. The monoisotopic (exact) mass is 351 g/mol. The summed E-state index contributed by atoms with van der Waals surface area (Å²) in [7, 11) is 0. The lowest BCUT2D eigenvalue weighted by molar-refractivity contribution is -0.125. The van der Waals surface area contributed by atoms with E-state index < -0.39 is 5.97 Å². The lowest BCUT2D eigenvalue weighted by Crippen LogP contribution is -2.31. The number of carbonyl (C=O) groups excluding carboxylic acids is 2. The van der Waals surface area contributed by atoms with Crippen molar-refractivity contribution in [3.05, 3.63) is 71.0 Å². The van der Waals surface area contributed by atoms with Crippen molar-refractivity contribution in [2.75, 3.05) is 6.61 Å². The maximum Gasteiger partial charge on any atom is 0.338 e. The Hall–Kier alpha value is -3.08. The van der Waals surface area contributed by atoms with E-state index in [2.05, 4.69) is 5.32 Å². The standard InChI is InChI=1S/C21H21NO4/c1-13-8-9-14(2)17(10-13)21(24)25-12-20(23)22-15(3)19-11-16-6-4-5-7-18(16)26-19/h4-11,15H,12H2,1-3H3,(H,22,23)/t15-/m1/s1. The summed E-state index contributed by atoms with van der Waals surface area (Å²) < 4.78 is 10.9. The maximum atomic E-state index is 12.2. The molecule has 0 bridgehead atoms. The topological polar surface area (TPSA) is 68.5 Å². The van der Waals surface area contributed by atoms with Crippen LogP contribution in [0.4, 0.5) is 0 Å². The highest BCUT2D eigenvalue weighted by atomic mass is 16.5. The van der Waals surface area contributed by atoms with Crippen LogP contribution in [0.2, 0.25) is 0 Å². The third kappa shape index (κ3) is 3.94. The first-order chi connectivity index (χ1) is 12.4. The van der Waals surface area contributed by atoms with Gasteiger partial charge in [-0.25, -0.2) is 4.79 Å². The number of benzene rings is 2. The van der Waals surface area contributed by atoms with E-state index in [1.54, 1.807) is 6.07 Å². The van der Waals surface area contributed by atoms with Crippen LogP contribution in [0.1, 0.15) is 40.2 Å². The van der Waals surface area contributed by atoms with Gasteiger partial charge in [-0.1, -0.05) is 35.9 Å². The molecule has 0 fully saturated rings. The molecular formula is C21H21NO4. The lowest BCUT2D eigenvalue weighted by Gasteiger charge is -2.12. The minimum Gasteiger partial charge on any atom is -0.459 e. The Kier molecular flexibility index (Phi) is 5.07. The number of rotatable bonds is 5. The molecule has 0 radical (unpaired) electrons. The Labute approximate surface area is 152 Å².